The standard InChI is InChI=1S/C23H26Cl2N4O3S2/c1-28-22(20-7-5-18(24)15-21(20)25)26-27-23(28)33-13-3-10-29-11-8-16-4-6-19(32-34(2,30)31)14-17(16)9-12-29/h4-7,14-15H,3,8-13H2,1-2H3. The van der Waals surface area contributed by atoms with E-state index >= 15 is 0 Å². The maximum Gasteiger partial charge on any atom is 0.306 e. The van der Waals surface area contributed by atoms with E-state index in [2.05, 4.69) is 15.1 Å². The Kier molecular flexibility index (Phi) is 8.09. The van der Waals surface area contributed by atoms with E-state index in [4.69, 9.17) is 27.4 Å². The quantitative estimate of drug-likeness (QED) is 0.232. The Morgan fingerprint density at radius 3 is 2.56 bits per heavy atom. The van der Waals surface area contributed by atoms with Crippen LogP contribution < -0.4 is 4.18 Å². The first-order chi connectivity index (χ1) is 16.2. The summed E-state index contributed by atoms with van der Waals surface area (Å²) in [4.78, 5) is 2.45. The maximum absolute atomic E-state index is 11.4. The molecule has 0 saturated carbocycles. The number of hydrogen-bond donors (Lipinski definition) is 0. The van der Waals surface area contributed by atoms with Crippen LogP contribution in [0.1, 0.15) is 17.5 Å². The van der Waals surface area contributed by atoms with Crippen molar-refractivity contribution in [3.63, 3.8) is 0 Å². The molecule has 3 aromatic rings. The highest BCUT2D eigenvalue weighted by Crippen LogP contribution is 2.31. The zero-order chi connectivity index (χ0) is 24.3. The normalized spacial score (nSPS) is 14.6. The molecular formula is C23H26Cl2N4O3S2. The number of nitrogens with zero attached hydrogens (tertiary/aromatic N) is 4. The van der Waals surface area contributed by atoms with E-state index in [1.54, 1.807) is 30.0 Å². The second-order valence-electron chi connectivity index (χ2n) is 8.25. The second-order valence-corrected chi connectivity index (χ2v) is 11.7. The van der Waals surface area contributed by atoms with Crippen LogP contribution in [0.25, 0.3) is 11.4 Å². The van der Waals surface area contributed by atoms with Crippen molar-refractivity contribution in [2.45, 2.75) is 24.4 Å². The van der Waals surface area contributed by atoms with Gasteiger partial charge < -0.3 is 13.7 Å². The summed E-state index contributed by atoms with van der Waals surface area (Å²) in [7, 11) is -1.58. The van der Waals surface area contributed by atoms with Gasteiger partial charge in [-0.2, -0.15) is 8.42 Å². The topological polar surface area (TPSA) is 77.3 Å². The number of aromatic nitrogens is 3. The van der Waals surface area contributed by atoms with E-state index in [0.29, 0.717) is 21.6 Å². The van der Waals surface area contributed by atoms with Gasteiger partial charge in [-0.15, -0.1) is 10.2 Å². The summed E-state index contributed by atoms with van der Waals surface area (Å²) in [5.41, 5.74) is 3.22. The van der Waals surface area contributed by atoms with Crippen molar-refractivity contribution in [2.75, 3.05) is 31.6 Å². The van der Waals surface area contributed by atoms with Crippen molar-refractivity contribution in [3.8, 4) is 17.1 Å². The highest BCUT2D eigenvalue weighted by atomic mass is 35.5. The maximum atomic E-state index is 11.4. The minimum Gasteiger partial charge on any atom is -0.383 e. The van der Waals surface area contributed by atoms with Crippen LogP contribution >= 0.6 is 35.0 Å². The fraction of sp³-hybridized carbons (Fsp3) is 0.391. The molecule has 0 unspecified atom stereocenters. The molecule has 0 bridgehead atoms. The van der Waals surface area contributed by atoms with Crippen molar-refractivity contribution in [1.29, 1.82) is 0 Å². The number of rotatable bonds is 8. The first kappa shape index (κ1) is 25.3. The summed E-state index contributed by atoms with van der Waals surface area (Å²) in [6.45, 7) is 2.90. The highest BCUT2D eigenvalue weighted by Gasteiger charge is 2.17. The Balaban J connectivity index is 1.28. The largest absolute Gasteiger partial charge is 0.383 e. The van der Waals surface area contributed by atoms with Crippen LogP contribution in [-0.2, 0) is 30.0 Å². The molecule has 2 aromatic carbocycles. The van der Waals surface area contributed by atoms with E-state index in [9.17, 15) is 8.42 Å². The smallest absolute Gasteiger partial charge is 0.306 e. The van der Waals surface area contributed by atoms with Crippen LogP contribution in [0, 0.1) is 0 Å². The Morgan fingerprint density at radius 2 is 1.82 bits per heavy atom. The van der Waals surface area contributed by atoms with Crippen molar-refractivity contribution < 1.29 is 12.6 Å². The van der Waals surface area contributed by atoms with E-state index < -0.39 is 10.1 Å². The molecule has 0 spiro atoms. The molecule has 1 aliphatic heterocycles. The SMILES string of the molecule is Cn1c(SCCCN2CCc3ccc(OS(C)(=O)=O)cc3CC2)nnc1-c1ccc(Cl)cc1Cl. The third kappa shape index (κ3) is 6.46. The lowest BCUT2D eigenvalue weighted by molar-refractivity contribution is 0.289. The minimum atomic E-state index is -3.52. The monoisotopic (exact) mass is 540 g/mol. The molecule has 0 atom stereocenters. The Morgan fingerprint density at radius 1 is 1.06 bits per heavy atom. The fourth-order valence-electron chi connectivity index (χ4n) is 4.00. The average molecular weight is 542 g/mol. The molecule has 0 radical (unpaired) electrons. The zero-order valence-electron chi connectivity index (χ0n) is 19.0. The van der Waals surface area contributed by atoms with Gasteiger partial charge in [0.15, 0.2) is 11.0 Å². The van der Waals surface area contributed by atoms with Gasteiger partial charge in [0.25, 0.3) is 0 Å². The lowest BCUT2D eigenvalue weighted by atomic mass is 10.0. The van der Waals surface area contributed by atoms with Crippen molar-refractivity contribution >= 4 is 45.1 Å². The Labute approximate surface area is 214 Å². The average Bonchev–Trinajstić information content (AvgIpc) is 2.99. The number of halogens is 2. The molecule has 1 aliphatic rings. The third-order valence-corrected chi connectivity index (χ3v) is 7.83. The van der Waals surface area contributed by atoms with Crippen molar-refractivity contribution in [3.05, 3.63) is 57.6 Å². The fourth-order valence-corrected chi connectivity index (χ4v) is 5.78. The summed E-state index contributed by atoms with van der Waals surface area (Å²) in [5, 5.41) is 10.6. The molecule has 7 nitrogen and oxygen atoms in total. The van der Waals surface area contributed by atoms with Crippen LogP contribution in [0.5, 0.6) is 5.75 Å². The molecule has 0 amide bonds. The van der Waals surface area contributed by atoms with E-state index in [0.717, 1.165) is 67.2 Å². The van der Waals surface area contributed by atoms with Gasteiger partial charge in [0.2, 0.25) is 0 Å². The van der Waals surface area contributed by atoms with Crippen molar-refractivity contribution in [1.82, 2.24) is 19.7 Å². The lowest BCUT2D eigenvalue weighted by Crippen LogP contribution is -2.27. The van der Waals surface area contributed by atoms with Crippen LogP contribution in [0.2, 0.25) is 10.0 Å². The molecule has 2 heterocycles. The Bertz CT molecular complexity index is 1280. The first-order valence-corrected chi connectivity index (χ1v) is 14.5. The molecule has 0 aliphatic carbocycles. The molecule has 0 saturated heterocycles. The lowest BCUT2D eigenvalue weighted by Gasteiger charge is -2.19. The summed E-state index contributed by atoms with van der Waals surface area (Å²) < 4.78 is 29.8. The van der Waals surface area contributed by atoms with Crippen LogP contribution in [0.3, 0.4) is 0 Å². The molecule has 11 heteroatoms. The molecule has 0 fully saturated rings. The number of hydrogen-bond acceptors (Lipinski definition) is 7. The molecule has 0 N–H and O–H groups in total. The van der Waals surface area contributed by atoms with Crippen LogP contribution in [0.15, 0.2) is 41.6 Å². The second kappa shape index (κ2) is 10.9. The predicted octanol–water partition coefficient (Wildman–Crippen LogP) is 4.71. The minimum absolute atomic E-state index is 0.383. The van der Waals surface area contributed by atoms with Gasteiger partial charge >= 0.3 is 10.1 Å². The highest BCUT2D eigenvalue weighted by molar-refractivity contribution is 7.99. The molecule has 4 rings (SSSR count). The van der Waals surface area contributed by atoms with Crippen molar-refractivity contribution in [2.24, 2.45) is 7.05 Å². The number of benzene rings is 2. The predicted molar refractivity (Wildman–Crippen MR) is 138 cm³/mol. The van der Waals surface area contributed by atoms with Gasteiger partial charge in [0, 0.05) is 36.5 Å². The summed E-state index contributed by atoms with van der Waals surface area (Å²) in [5.74, 6) is 2.03. The van der Waals surface area contributed by atoms with Gasteiger partial charge in [-0.3, -0.25) is 0 Å². The zero-order valence-corrected chi connectivity index (χ0v) is 22.1. The third-order valence-electron chi connectivity index (χ3n) is 5.68. The van der Waals surface area contributed by atoms with Gasteiger partial charge in [-0.05, 0) is 67.3 Å². The van der Waals surface area contributed by atoms with E-state index in [-0.39, 0.29) is 0 Å². The van der Waals surface area contributed by atoms with Gasteiger partial charge in [0.1, 0.15) is 5.75 Å². The number of fused-ring (bicyclic) bond motifs is 1. The Hall–Kier alpha value is -1.78. The van der Waals surface area contributed by atoms with E-state index in [1.807, 2.05) is 29.8 Å². The van der Waals surface area contributed by atoms with Gasteiger partial charge in [-0.25, -0.2) is 0 Å². The summed E-state index contributed by atoms with van der Waals surface area (Å²) in [6.07, 6.45) is 3.90. The first-order valence-electron chi connectivity index (χ1n) is 10.9. The van der Waals surface area contributed by atoms with Gasteiger partial charge in [0.05, 0.1) is 11.3 Å². The van der Waals surface area contributed by atoms with Gasteiger partial charge in [-0.1, -0.05) is 41.0 Å². The van der Waals surface area contributed by atoms with Crippen LogP contribution in [0.4, 0.5) is 0 Å². The van der Waals surface area contributed by atoms with E-state index in [1.165, 1.54) is 5.56 Å². The molecule has 182 valence electrons. The summed E-state index contributed by atoms with van der Waals surface area (Å²) >= 11 is 14.0. The van der Waals surface area contributed by atoms with Crippen LogP contribution in [-0.4, -0.2) is 59.7 Å². The number of thioether (sulfide) groups is 1. The molecule has 34 heavy (non-hydrogen) atoms. The molecular weight excluding hydrogens is 515 g/mol. The molecule has 1 aromatic heterocycles. The summed E-state index contributed by atoms with van der Waals surface area (Å²) in [6, 6.07) is 10.9.